The Morgan fingerprint density at radius 1 is 0.960 bits per heavy atom. The fourth-order valence-electron chi connectivity index (χ4n) is 9.56. The molecule has 282 valence electrons. The van der Waals surface area contributed by atoms with Crippen molar-refractivity contribution in [1.29, 1.82) is 0 Å². The maximum Gasteiger partial charge on any atom is 0.313 e. The Hall–Kier alpha value is -2.20. The van der Waals surface area contributed by atoms with Crippen molar-refractivity contribution in [3.8, 4) is 0 Å². The minimum absolute atomic E-state index is 0.00387. The van der Waals surface area contributed by atoms with Crippen LogP contribution >= 0.6 is 0 Å². The van der Waals surface area contributed by atoms with Crippen molar-refractivity contribution in [3.63, 3.8) is 0 Å². The fourth-order valence-corrected chi connectivity index (χ4v) is 9.56. The maximum absolute atomic E-state index is 14.7. The number of rotatable bonds is 2. The van der Waals surface area contributed by atoms with Gasteiger partial charge in [-0.3, -0.25) is 19.2 Å². The highest BCUT2D eigenvalue weighted by molar-refractivity contribution is 5.97. The zero-order valence-electron chi connectivity index (χ0n) is 32.0. The van der Waals surface area contributed by atoms with E-state index in [1.54, 1.807) is 6.92 Å². The van der Waals surface area contributed by atoms with Crippen molar-refractivity contribution >= 4 is 23.3 Å². The lowest BCUT2D eigenvalue weighted by atomic mass is 9.52. The summed E-state index contributed by atoms with van der Waals surface area (Å²) < 4.78 is 11.9. The van der Waals surface area contributed by atoms with Crippen molar-refractivity contribution in [2.75, 3.05) is 7.11 Å². The predicted octanol–water partition coefficient (Wildman–Crippen LogP) is 6.25. The first kappa shape index (κ1) is 40.6. The van der Waals surface area contributed by atoms with Crippen LogP contribution < -0.4 is 0 Å². The number of ketones is 3. The smallest absolute Gasteiger partial charge is 0.313 e. The van der Waals surface area contributed by atoms with E-state index < -0.39 is 58.7 Å². The Bertz CT molecular complexity index is 1360. The second-order valence-electron chi connectivity index (χ2n) is 17.4. The average Bonchev–Trinajstić information content (AvgIpc) is 3.45. The monoisotopic (exact) mass is 700 g/mol. The molecule has 9 heteroatoms. The molecule has 2 aliphatic carbocycles. The number of aliphatic hydroxyl groups excluding tert-OH is 2. The predicted molar refractivity (Wildman–Crippen MR) is 191 cm³/mol. The molecule has 3 N–H and O–H groups in total. The Morgan fingerprint density at radius 3 is 2.28 bits per heavy atom. The molecule has 4 rings (SSSR count). The number of ether oxygens (including phenoxy) is 2. The largest absolute Gasteiger partial charge is 0.469 e. The van der Waals surface area contributed by atoms with Crippen LogP contribution in [0.4, 0.5) is 0 Å². The molecule has 2 aliphatic heterocycles. The molecule has 0 aromatic rings. The van der Waals surface area contributed by atoms with E-state index in [-0.39, 0.29) is 67.2 Å². The average molecular weight is 701 g/mol. The molecular formula is C41H64O9. The Balaban J connectivity index is 1.98. The van der Waals surface area contributed by atoms with Crippen LogP contribution in [0.15, 0.2) is 22.8 Å². The summed E-state index contributed by atoms with van der Waals surface area (Å²) in [4.78, 5) is 57.4. The number of methoxy groups -OCH3 is 1. The molecule has 0 amide bonds. The highest BCUT2D eigenvalue weighted by Gasteiger charge is 2.60. The van der Waals surface area contributed by atoms with E-state index in [1.807, 2.05) is 54.5 Å². The summed E-state index contributed by atoms with van der Waals surface area (Å²) in [6.45, 7) is 15.0. The molecule has 2 heterocycles. The van der Waals surface area contributed by atoms with Gasteiger partial charge in [-0.25, -0.2) is 0 Å². The molecular weight excluding hydrogens is 636 g/mol. The summed E-state index contributed by atoms with van der Waals surface area (Å²) in [6, 6.07) is 0. The number of hydrogen-bond acceptors (Lipinski definition) is 9. The first-order valence-electron chi connectivity index (χ1n) is 19.1. The molecule has 0 spiro atoms. The number of fused-ring (bicyclic) bond motifs is 5. The van der Waals surface area contributed by atoms with E-state index in [9.17, 15) is 34.5 Å². The third-order valence-electron chi connectivity index (χ3n) is 13.0. The molecule has 0 radical (unpaired) electrons. The molecule has 0 unspecified atom stereocenters. The van der Waals surface area contributed by atoms with Gasteiger partial charge < -0.3 is 24.8 Å². The van der Waals surface area contributed by atoms with Gasteiger partial charge in [0.1, 0.15) is 17.3 Å². The molecule has 9 nitrogen and oxygen atoms in total. The van der Waals surface area contributed by atoms with Gasteiger partial charge in [-0.1, -0.05) is 57.8 Å². The lowest BCUT2D eigenvalue weighted by Crippen LogP contribution is -2.55. The first-order valence-corrected chi connectivity index (χ1v) is 19.1. The summed E-state index contributed by atoms with van der Waals surface area (Å²) >= 11 is 0. The van der Waals surface area contributed by atoms with E-state index in [2.05, 4.69) is 0 Å². The van der Waals surface area contributed by atoms with Gasteiger partial charge in [0.15, 0.2) is 0 Å². The van der Waals surface area contributed by atoms with E-state index in [0.717, 1.165) is 24.0 Å². The van der Waals surface area contributed by atoms with Crippen molar-refractivity contribution in [1.82, 2.24) is 0 Å². The molecule has 50 heavy (non-hydrogen) atoms. The summed E-state index contributed by atoms with van der Waals surface area (Å²) in [5.41, 5.74) is -1.96. The minimum Gasteiger partial charge on any atom is -0.469 e. The van der Waals surface area contributed by atoms with Gasteiger partial charge >= 0.3 is 5.97 Å². The maximum atomic E-state index is 14.7. The van der Waals surface area contributed by atoms with Crippen molar-refractivity contribution in [2.45, 2.75) is 162 Å². The lowest BCUT2D eigenvalue weighted by Gasteiger charge is -2.49. The first-order chi connectivity index (χ1) is 23.3. The summed E-state index contributed by atoms with van der Waals surface area (Å²) in [5.74, 6) is -3.92. The van der Waals surface area contributed by atoms with Crippen LogP contribution in [-0.2, 0) is 28.7 Å². The lowest BCUT2D eigenvalue weighted by molar-refractivity contribution is -0.169. The Labute approximate surface area is 299 Å². The highest BCUT2D eigenvalue weighted by Crippen LogP contribution is 2.56. The van der Waals surface area contributed by atoms with Crippen LogP contribution in [0.25, 0.3) is 0 Å². The Morgan fingerprint density at radius 2 is 1.64 bits per heavy atom. The van der Waals surface area contributed by atoms with Gasteiger partial charge in [0.05, 0.1) is 42.0 Å². The number of esters is 1. The SMILES string of the molecule is COC(=O)[C@]12CC(=O)[C@H](C(C)C)CC(=O)[C@H](C)CCC[C@H](C)CC(=O)[C@H]1CC(C)=C1[C@H](O)C[C@](C)(O)[C@@H]3CC[C@](C)(O3)[C@@H](O)CC/C(C)=C/[C@@H]12. The third-order valence-corrected chi connectivity index (χ3v) is 13.0. The number of aliphatic hydroxyl groups is 3. The van der Waals surface area contributed by atoms with Gasteiger partial charge in [-0.15, -0.1) is 0 Å². The number of allylic oxidation sites excluding steroid dienone is 3. The molecule has 4 aliphatic rings. The number of carbonyl (C=O) groups excluding carboxylic acids is 4. The van der Waals surface area contributed by atoms with E-state index >= 15 is 0 Å². The van der Waals surface area contributed by atoms with Gasteiger partial charge in [-0.05, 0) is 83.6 Å². The second kappa shape index (κ2) is 15.8. The van der Waals surface area contributed by atoms with Gasteiger partial charge in [0.2, 0.25) is 0 Å². The molecule has 2 bridgehead atoms. The molecule has 1 saturated carbocycles. The van der Waals surface area contributed by atoms with Gasteiger partial charge in [-0.2, -0.15) is 0 Å². The number of Topliss-reactive ketones (excluding diaryl/α,β-unsaturated/α-hetero) is 3. The van der Waals surface area contributed by atoms with Crippen LogP contribution in [0.5, 0.6) is 0 Å². The third kappa shape index (κ3) is 8.21. The van der Waals surface area contributed by atoms with Crippen LogP contribution in [0.3, 0.4) is 0 Å². The molecule has 0 aromatic heterocycles. The summed E-state index contributed by atoms with van der Waals surface area (Å²) in [6.07, 6.45) is 3.32. The summed E-state index contributed by atoms with van der Waals surface area (Å²) in [5, 5.41) is 35.4. The van der Waals surface area contributed by atoms with Crippen LogP contribution in [-0.4, -0.2) is 75.3 Å². The fraction of sp³-hybridized carbons (Fsp3) is 0.805. The van der Waals surface area contributed by atoms with E-state index in [0.29, 0.717) is 37.7 Å². The van der Waals surface area contributed by atoms with E-state index in [1.165, 1.54) is 7.11 Å². The second-order valence-corrected chi connectivity index (χ2v) is 17.4. The Kier molecular flexibility index (Phi) is 12.8. The number of carbonyl (C=O) groups is 4. The minimum atomic E-state index is -1.70. The van der Waals surface area contributed by atoms with Crippen LogP contribution in [0.1, 0.15) is 132 Å². The topological polar surface area (TPSA) is 147 Å². The van der Waals surface area contributed by atoms with Gasteiger partial charge in [0.25, 0.3) is 0 Å². The van der Waals surface area contributed by atoms with E-state index in [4.69, 9.17) is 9.47 Å². The number of hydrogen-bond donors (Lipinski definition) is 3. The van der Waals surface area contributed by atoms with Crippen LogP contribution in [0, 0.1) is 40.9 Å². The summed E-state index contributed by atoms with van der Waals surface area (Å²) in [7, 11) is 1.27. The quantitative estimate of drug-likeness (QED) is 0.225. The molecule has 0 aromatic carbocycles. The zero-order chi connectivity index (χ0) is 37.3. The highest BCUT2D eigenvalue weighted by atomic mass is 16.5. The zero-order valence-corrected chi connectivity index (χ0v) is 32.0. The van der Waals surface area contributed by atoms with Crippen molar-refractivity contribution < 1.29 is 44.0 Å². The van der Waals surface area contributed by atoms with Gasteiger partial charge in [0, 0.05) is 49.4 Å². The van der Waals surface area contributed by atoms with Crippen molar-refractivity contribution in [3.05, 3.63) is 22.8 Å². The standard InChI is InChI=1S/C41H64O9/c1-23(2)28-20-31(42)26(5)12-10-11-24(3)18-32(43)29-19-27(6)37-30(41(29,22-33(28)44)38(47)49-9)17-25(4)13-14-35(46)40(8)16-15-36(50-40)39(7,48)21-34(37)45/h17,23-24,26,28-30,34-36,45-46,48H,10-16,18-22H2,1-9H3/b25-17+/t24-,26+,28-,29+,30-,34+,35-,36-,39-,40-,41+/m0/s1. The van der Waals surface area contributed by atoms with Crippen LogP contribution in [0.2, 0.25) is 0 Å². The molecule has 11 atom stereocenters. The molecule has 2 fully saturated rings. The normalized spacial score (nSPS) is 42.7. The van der Waals surface area contributed by atoms with Crippen molar-refractivity contribution in [2.24, 2.45) is 40.9 Å². The molecule has 1 saturated heterocycles.